The maximum Gasteiger partial charge on any atom is 0.435 e. The molecule has 54 valence electrons. The van der Waals surface area contributed by atoms with Crippen molar-refractivity contribution in [3.63, 3.8) is 0 Å². The molecule has 2 nitrogen and oxygen atoms in total. The number of thiocarbonyl (C=S) groups is 1. The van der Waals surface area contributed by atoms with Crippen LogP contribution in [0.3, 0.4) is 0 Å². The lowest BCUT2D eigenvalue weighted by molar-refractivity contribution is -0.0561. The Labute approximate surface area is 59.5 Å². The summed E-state index contributed by atoms with van der Waals surface area (Å²) in [6.07, 6.45) is -3.81. The van der Waals surface area contributed by atoms with E-state index in [2.05, 4.69) is 22.2 Å². The van der Waals surface area contributed by atoms with Crippen LogP contribution in [0.2, 0.25) is 0 Å². The normalized spacial score (nSPS) is 17.9. The third-order valence-corrected chi connectivity index (χ3v) is 1.00. The average Bonchev–Trinajstić information content (AvgIpc) is 2.11. The van der Waals surface area contributed by atoms with E-state index in [9.17, 15) is 13.2 Å². The van der Waals surface area contributed by atoms with Gasteiger partial charge in [0.1, 0.15) is 0 Å². The first-order valence-corrected chi connectivity index (χ1v) is 2.65. The molecule has 0 fully saturated rings. The van der Waals surface area contributed by atoms with Crippen LogP contribution in [0.5, 0.6) is 0 Å². The van der Waals surface area contributed by atoms with Crippen LogP contribution in [-0.4, -0.2) is 23.2 Å². The second-order valence-corrected chi connectivity index (χ2v) is 1.90. The van der Waals surface area contributed by atoms with Crippen molar-refractivity contribution in [2.45, 2.75) is 6.18 Å². The number of aliphatic imine (C=N–C) groups is 2. The summed E-state index contributed by atoms with van der Waals surface area (Å²) in [5.74, 6) is 0. The Morgan fingerprint density at radius 3 is 2.20 bits per heavy atom. The molecular formula is C4HF3N2S. The molecule has 0 bridgehead atoms. The Morgan fingerprint density at radius 2 is 2.00 bits per heavy atom. The lowest BCUT2D eigenvalue weighted by Gasteiger charge is -1.99. The number of alkyl halides is 3. The summed E-state index contributed by atoms with van der Waals surface area (Å²) >= 11 is 4.28. The molecule has 0 aromatic carbocycles. The Hall–Kier alpha value is -0.780. The number of nitrogens with zero attached hydrogens (tertiary/aromatic N) is 2. The van der Waals surface area contributed by atoms with Crippen LogP contribution in [0, 0.1) is 0 Å². The van der Waals surface area contributed by atoms with Crippen LogP contribution in [0.1, 0.15) is 0 Å². The van der Waals surface area contributed by atoms with Crippen LogP contribution < -0.4 is 0 Å². The summed E-state index contributed by atoms with van der Waals surface area (Å²) in [4.78, 5) is 6.13. The first-order chi connectivity index (χ1) is 4.50. The van der Waals surface area contributed by atoms with Crippen molar-refractivity contribution in [2.24, 2.45) is 9.98 Å². The average molecular weight is 166 g/mol. The SMILES string of the molecule is FC(F)(F)C1=NC(=S)N=C1. The van der Waals surface area contributed by atoms with E-state index in [1.165, 1.54) is 0 Å². The van der Waals surface area contributed by atoms with Gasteiger partial charge >= 0.3 is 6.18 Å². The van der Waals surface area contributed by atoms with Gasteiger partial charge < -0.3 is 0 Å². The van der Waals surface area contributed by atoms with E-state index in [0.29, 0.717) is 6.21 Å². The Morgan fingerprint density at radius 1 is 1.40 bits per heavy atom. The van der Waals surface area contributed by atoms with E-state index >= 15 is 0 Å². The van der Waals surface area contributed by atoms with E-state index < -0.39 is 11.9 Å². The molecule has 0 spiro atoms. The molecule has 0 aromatic rings. The Kier molecular flexibility index (Phi) is 1.55. The van der Waals surface area contributed by atoms with Crippen molar-refractivity contribution < 1.29 is 13.2 Å². The van der Waals surface area contributed by atoms with E-state index in [4.69, 9.17) is 0 Å². The molecule has 10 heavy (non-hydrogen) atoms. The third-order valence-electron chi connectivity index (χ3n) is 0.804. The molecule has 6 heteroatoms. The van der Waals surface area contributed by atoms with Crippen LogP contribution in [0.4, 0.5) is 13.2 Å². The van der Waals surface area contributed by atoms with Gasteiger partial charge in [-0.1, -0.05) is 0 Å². The lowest BCUT2D eigenvalue weighted by Crippen LogP contribution is -2.22. The molecular weight excluding hydrogens is 165 g/mol. The van der Waals surface area contributed by atoms with Crippen LogP contribution >= 0.6 is 12.2 Å². The van der Waals surface area contributed by atoms with Gasteiger partial charge in [-0.2, -0.15) is 13.2 Å². The summed E-state index contributed by atoms with van der Waals surface area (Å²) in [5.41, 5.74) is -1.03. The molecule has 1 heterocycles. The molecule has 1 aliphatic rings. The van der Waals surface area contributed by atoms with Crippen LogP contribution in [0.25, 0.3) is 0 Å². The molecule has 0 unspecified atom stereocenters. The maximum atomic E-state index is 11.7. The smallest absolute Gasteiger partial charge is 0.225 e. The molecule has 0 aromatic heterocycles. The van der Waals surface area contributed by atoms with Gasteiger partial charge in [-0.15, -0.1) is 0 Å². The largest absolute Gasteiger partial charge is 0.435 e. The standard InChI is InChI=1S/C4HF3N2S/c5-4(6,7)2-1-8-3(10)9-2/h1H. The van der Waals surface area contributed by atoms with Crippen LogP contribution in [-0.2, 0) is 0 Å². The van der Waals surface area contributed by atoms with Gasteiger partial charge in [0.2, 0.25) is 5.11 Å². The predicted octanol–water partition coefficient (Wildman–Crippen LogP) is 1.36. The quantitative estimate of drug-likeness (QED) is 0.498. The second kappa shape index (κ2) is 2.12. The second-order valence-electron chi connectivity index (χ2n) is 1.54. The predicted molar refractivity (Wildman–Crippen MR) is 34.6 cm³/mol. The highest BCUT2D eigenvalue weighted by Crippen LogP contribution is 2.18. The third kappa shape index (κ3) is 1.38. The maximum absolute atomic E-state index is 11.7. The minimum Gasteiger partial charge on any atom is -0.225 e. The topological polar surface area (TPSA) is 24.7 Å². The molecule has 0 saturated heterocycles. The van der Waals surface area contributed by atoms with E-state index in [-0.39, 0.29) is 5.11 Å². The van der Waals surface area contributed by atoms with Crippen molar-refractivity contribution in [3.8, 4) is 0 Å². The highest BCUT2D eigenvalue weighted by Gasteiger charge is 2.36. The van der Waals surface area contributed by atoms with Gasteiger partial charge in [0, 0.05) is 0 Å². The van der Waals surface area contributed by atoms with Crippen molar-refractivity contribution >= 4 is 29.3 Å². The monoisotopic (exact) mass is 166 g/mol. The number of hydrogen-bond donors (Lipinski definition) is 0. The number of rotatable bonds is 0. The zero-order valence-electron chi connectivity index (χ0n) is 4.51. The first kappa shape index (κ1) is 7.33. The summed E-state index contributed by atoms with van der Waals surface area (Å²) < 4.78 is 35.0. The van der Waals surface area contributed by atoms with Crippen molar-refractivity contribution in [3.05, 3.63) is 0 Å². The van der Waals surface area contributed by atoms with Gasteiger partial charge in [-0.25, -0.2) is 9.98 Å². The molecule has 0 N–H and O–H groups in total. The van der Waals surface area contributed by atoms with Gasteiger partial charge in [0.25, 0.3) is 0 Å². The molecule has 1 rings (SSSR count). The summed E-state index contributed by atoms with van der Waals surface area (Å²) in [6, 6.07) is 0. The highest BCUT2D eigenvalue weighted by molar-refractivity contribution is 7.80. The molecule has 1 aliphatic heterocycles. The van der Waals surface area contributed by atoms with Gasteiger partial charge in [0.15, 0.2) is 5.71 Å². The van der Waals surface area contributed by atoms with Gasteiger partial charge in [0.05, 0.1) is 6.21 Å². The van der Waals surface area contributed by atoms with E-state index in [1.807, 2.05) is 0 Å². The first-order valence-electron chi connectivity index (χ1n) is 2.24. The molecule has 0 radical (unpaired) electrons. The van der Waals surface area contributed by atoms with Crippen molar-refractivity contribution in [1.29, 1.82) is 0 Å². The summed E-state index contributed by atoms with van der Waals surface area (Å²) in [7, 11) is 0. The molecule has 0 aliphatic carbocycles. The number of hydrogen-bond acceptors (Lipinski definition) is 1. The minimum atomic E-state index is -4.43. The zero-order valence-corrected chi connectivity index (χ0v) is 5.33. The van der Waals surface area contributed by atoms with Gasteiger partial charge in [-0.3, -0.25) is 0 Å². The minimum absolute atomic E-state index is 0.271. The van der Waals surface area contributed by atoms with Gasteiger partial charge in [-0.05, 0) is 12.2 Å². The summed E-state index contributed by atoms with van der Waals surface area (Å²) in [5, 5.41) is -0.271. The Balaban J connectivity index is 2.88. The molecule has 0 amide bonds. The fraction of sp³-hybridized carbons (Fsp3) is 0.250. The van der Waals surface area contributed by atoms with E-state index in [0.717, 1.165) is 0 Å². The van der Waals surface area contributed by atoms with Crippen LogP contribution in [0.15, 0.2) is 9.98 Å². The van der Waals surface area contributed by atoms with Crippen molar-refractivity contribution in [2.75, 3.05) is 0 Å². The summed E-state index contributed by atoms with van der Waals surface area (Å²) in [6.45, 7) is 0. The number of halogens is 3. The van der Waals surface area contributed by atoms with Crippen molar-refractivity contribution in [1.82, 2.24) is 0 Å². The van der Waals surface area contributed by atoms with E-state index in [1.54, 1.807) is 0 Å². The molecule has 0 atom stereocenters. The Bertz CT molecular complexity index is 227. The zero-order chi connectivity index (χ0) is 7.78. The highest BCUT2D eigenvalue weighted by atomic mass is 32.1. The lowest BCUT2D eigenvalue weighted by atomic mass is 10.4. The fourth-order valence-corrected chi connectivity index (χ4v) is 0.565. The fourth-order valence-electron chi connectivity index (χ4n) is 0.414. The molecule has 0 saturated carbocycles.